The Hall–Kier alpha value is -3.50. The number of anilines is 2. The fourth-order valence-electron chi connectivity index (χ4n) is 3.21. The first kappa shape index (κ1) is 20.8. The number of furan rings is 1. The molecule has 0 fully saturated rings. The molecule has 0 bridgehead atoms. The molecule has 9 nitrogen and oxygen atoms in total. The van der Waals surface area contributed by atoms with Gasteiger partial charge in [0, 0.05) is 30.1 Å². The molecule has 1 aromatic carbocycles. The van der Waals surface area contributed by atoms with Crippen LogP contribution in [0.15, 0.2) is 47.3 Å². The molecule has 10 heteroatoms. The Kier molecular flexibility index (Phi) is 6.10. The SMILES string of the molecule is COC(=O)c1ccc(NC(=O)CN2CCc3nc(NC(=O)c4ccoc4)sc3C2)cc1. The Balaban J connectivity index is 1.31. The monoisotopic (exact) mass is 440 g/mol. The normalized spacial score (nSPS) is 13.3. The third-order valence-corrected chi connectivity index (χ3v) is 5.77. The van der Waals surface area contributed by atoms with E-state index in [4.69, 9.17) is 4.42 Å². The van der Waals surface area contributed by atoms with Gasteiger partial charge in [-0.05, 0) is 30.3 Å². The average molecular weight is 440 g/mol. The molecule has 0 aliphatic carbocycles. The van der Waals surface area contributed by atoms with Crippen LogP contribution in [0.3, 0.4) is 0 Å². The van der Waals surface area contributed by atoms with E-state index in [-0.39, 0.29) is 18.4 Å². The summed E-state index contributed by atoms with van der Waals surface area (Å²) in [5.74, 6) is -0.839. The third-order valence-electron chi connectivity index (χ3n) is 4.77. The number of hydrogen-bond donors (Lipinski definition) is 2. The predicted molar refractivity (Wildman–Crippen MR) is 114 cm³/mol. The van der Waals surface area contributed by atoms with Crippen molar-refractivity contribution in [2.45, 2.75) is 13.0 Å². The van der Waals surface area contributed by atoms with Crippen LogP contribution in [0.5, 0.6) is 0 Å². The number of carbonyl (C=O) groups is 3. The van der Waals surface area contributed by atoms with E-state index in [0.29, 0.717) is 41.5 Å². The molecular formula is C21H20N4O5S. The highest BCUT2D eigenvalue weighted by Crippen LogP contribution is 2.28. The number of nitrogens with one attached hydrogen (secondary N) is 2. The van der Waals surface area contributed by atoms with Crippen LogP contribution >= 0.6 is 11.3 Å². The first-order valence-electron chi connectivity index (χ1n) is 9.54. The van der Waals surface area contributed by atoms with Crippen LogP contribution in [-0.4, -0.2) is 47.9 Å². The molecule has 160 valence electrons. The zero-order valence-electron chi connectivity index (χ0n) is 16.7. The van der Waals surface area contributed by atoms with Gasteiger partial charge in [-0.1, -0.05) is 0 Å². The number of benzene rings is 1. The van der Waals surface area contributed by atoms with Gasteiger partial charge in [0.25, 0.3) is 5.91 Å². The number of nitrogens with zero attached hydrogens (tertiary/aromatic N) is 2. The maximum atomic E-state index is 12.4. The molecule has 3 aromatic rings. The summed E-state index contributed by atoms with van der Waals surface area (Å²) in [6.45, 7) is 1.51. The van der Waals surface area contributed by atoms with Crippen molar-refractivity contribution in [2.24, 2.45) is 0 Å². The van der Waals surface area contributed by atoms with Gasteiger partial charge in [0.2, 0.25) is 5.91 Å². The van der Waals surface area contributed by atoms with Crippen LogP contribution in [0.25, 0.3) is 0 Å². The number of hydrogen-bond acceptors (Lipinski definition) is 8. The minimum Gasteiger partial charge on any atom is -0.472 e. The van der Waals surface area contributed by atoms with E-state index in [1.807, 2.05) is 4.90 Å². The summed E-state index contributed by atoms with van der Waals surface area (Å²) in [6, 6.07) is 8.12. The summed E-state index contributed by atoms with van der Waals surface area (Å²) in [4.78, 5) is 43.6. The van der Waals surface area contributed by atoms with Gasteiger partial charge in [0.1, 0.15) is 6.26 Å². The number of ether oxygens (including phenoxy) is 1. The number of esters is 1. The van der Waals surface area contributed by atoms with E-state index in [9.17, 15) is 14.4 Å². The molecule has 0 radical (unpaired) electrons. The maximum Gasteiger partial charge on any atom is 0.337 e. The van der Waals surface area contributed by atoms with Gasteiger partial charge in [-0.25, -0.2) is 9.78 Å². The summed E-state index contributed by atoms with van der Waals surface area (Å²) in [5.41, 5.74) is 2.41. The van der Waals surface area contributed by atoms with Crippen molar-refractivity contribution in [3.8, 4) is 0 Å². The highest BCUT2D eigenvalue weighted by atomic mass is 32.1. The Bertz CT molecular complexity index is 1090. The van der Waals surface area contributed by atoms with Gasteiger partial charge in [-0.2, -0.15) is 0 Å². The Morgan fingerprint density at radius 3 is 2.68 bits per heavy atom. The lowest BCUT2D eigenvalue weighted by Gasteiger charge is -2.25. The number of fused-ring (bicyclic) bond motifs is 1. The summed E-state index contributed by atoms with van der Waals surface area (Å²) in [6.07, 6.45) is 3.53. The van der Waals surface area contributed by atoms with E-state index >= 15 is 0 Å². The quantitative estimate of drug-likeness (QED) is 0.567. The van der Waals surface area contributed by atoms with Crippen LogP contribution in [0, 0.1) is 0 Å². The molecule has 0 saturated heterocycles. The number of aromatic nitrogens is 1. The van der Waals surface area contributed by atoms with Gasteiger partial charge in [-0.3, -0.25) is 19.8 Å². The number of amides is 2. The molecule has 0 spiro atoms. The molecule has 4 rings (SSSR count). The first-order chi connectivity index (χ1) is 15.0. The lowest BCUT2D eigenvalue weighted by atomic mass is 10.2. The van der Waals surface area contributed by atoms with Crippen LogP contribution < -0.4 is 10.6 Å². The number of methoxy groups -OCH3 is 1. The predicted octanol–water partition coefficient (Wildman–Crippen LogP) is 2.77. The van der Waals surface area contributed by atoms with Gasteiger partial charge in [-0.15, -0.1) is 11.3 Å². The van der Waals surface area contributed by atoms with Crippen LogP contribution in [-0.2, 0) is 22.5 Å². The summed E-state index contributed by atoms with van der Waals surface area (Å²) in [7, 11) is 1.32. The van der Waals surface area contributed by atoms with Crippen LogP contribution in [0.2, 0.25) is 0 Å². The summed E-state index contributed by atoms with van der Waals surface area (Å²) >= 11 is 1.41. The Morgan fingerprint density at radius 1 is 1.16 bits per heavy atom. The lowest BCUT2D eigenvalue weighted by molar-refractivity contribution is -0.117. The maximum absolute atomic E-state index is 12.4. The van der Waals surface area contributed by atoms with E-state index in [1.165, 1.54) is 31.0 Å². The third kappa shape index (κ3) is 4.98. The smallest absolute Gasteiger partial charge is 0.337 e. The van der Waals surface area contributed by atoms with Crippen LogP contribution in [0.4, 0.5) is 10.8 Å². The van der Waals surface area contributed by atoms with Crippen molar-refractivity contribution in [3.05, 3.63) is 64.6 Å². The molecule has 31 heavy (non-hydrogen) atoms. The Labute approximate surface area is 182 Å². The first-order valence-corrected chi connectivity index (χ1v) is 10.4. The van der Waals surface area contributed by atoms with Crippen LogP contribution in [0.1, 0.15) is 31.3 Å². The van der Waals surface area contributed by atoms with Crippen molar-refractivity contribution in [3.63, 3.8) is 0 Å². The zero-order chi connectivity index (χ0) is 21.8. The molecule has 2 amide bonds. The van der Waals surface area contributed by atoms with E-state index in [0.717, 1.165) is 10.6 Å². The minimum absolute atomic E-state index is 0.146. The summed E-state index contributed by atoms with van der Waals surface area (Å²) in [5, 5.41) is 6.15. The van der Waals surface area contributed by atoms with Crippen molar-refractivity contribution >= 4 is 39.9 Å². The molecule has 1 aliphatic rings. The Morgan fingerprint density at radius 2 is 1.97 bits per heavy atom. The van der Waals surface area contributed by atoms with Gasteiger partial charge >= 0.3 is 5.97 Å². The van der Waals surface area contributed by atoms with Gasteiger partial charge < -0.3 is 14.5 Å². The minimum atomic E-state index is -0.424. The van der Waals surface area contributed by atoms with Gasteiger partial charge in [0.05, 0.1) is 36.7 Å². The average Bonchev–Trinajstić information content (AvgIpc) is 3.43. The zero-order valence-corrected chi connectivity index (χ0v) is 17.5. The topological polar surface area (TPSA) is 114 Å². The van der Waals surface area contributed by atoms with E-state index in [1.54, 1.807) is 30.3 Å². The van der Waals surface area contributed by atoms with Crippen molar-refractivity contribution in [1.82, 2.24) is 9.88 Å². The number of thiazole rings is 1. The van der Waals surface area contributed by atoms with E-state index in [2.05, 4.69) is 20.4 Å². The second kappa shape index (κ2) is 9.11. The molecular weight excluding hydrogens is 420 g/mol. The molecule has 0 atom stereocenters. The van der Waals surface area contributed by atoms with Crippen molar-refractivity contribution < 1.29 is 23.5 Å². The number of rotatable bonds is 6. The fourth-order valence-corrected chi connectivity index (χ4v) is 4.26. The second-order valence-corrected chi connectivity index (χ2v) is 8.02. The largest absolute Gasteiger partial charge is 0.472 e. The molecule has 3 heterocycles. The highest BCUT2D eigenvalue weighted by Gasteiger charge is 2.23. The molecule has 2 N–H and O–H groups in total. The fraction of sp³-hybridized carbons (Fsp3) is 0.238. The number of carbonyl (C=O) groups excluding carboxylic acids is 3. The highest BCUT2D eigenvalue weighted by molar-refractivity contribution is 7.15. The van der Waals surface area contributed by atoms with E-state index < -0.39 is 5.97 Å². The molecule has 0 saturated carbocycles. The second-order valence-electron chi connectivity index (χ2n) is 6.93. The summed E-state index contributed by atoms with van der Waals surface area (Å²) < 4.78 is 9.59. The van der Waals surface area contributed by atoms with Crippen molar-refractivity contribution in [1.29, 1.82) is 0 Å². The standard InChI is InChI=1S/C21H20N4O5S/c1-29-20(28)13-2-4-15(5-3-13)22-18(26)11-25-8-6-16-17(10-25)31-21(23-16)24-19(27)14-7-9-30-12-14/h2-5,7,9,12H,6,8,10-11H2,1H3,(H,22,26)(H,23,24,27). The molecule has 0 unspecified atom stereocenters. The molecule has 1 aliphatic heterocycles. The molecule has 2 aromatic heterocycles. The lowest BCUT2D eigenvalue weighted by Crippen LogP contribution is -2.36. The van der Waals surface area contributed by atoms with Gasteiger partial charge in [0.15, 0.2) is 5.13 Å². The van der Waals surface area contributed by atoms with Crippen molar-refractivity contribution in [2.75, 3.05) is 30.8 Å².